The summed E-state index contributed by atoms with van der Waals surface area (Å²) >= 11 is 0. The van der Waals surface area contributed by atoms with Gasteiger partial charge in [-0.1, -0.05) is 24.3 Å². The zero-order valence-corrected chi connectivity index (χ0v) is 8.97. The fraction of sp³-hybridized carbons (Fsp3) is 0.400. The summed E-state index contributed by atoms with van der Waals surface area (Å²) in [4.78, 5) is 2.15. The highest BCUT2D eigenvalue weighted by molar-refractivity contribution is 5.85. The molecule has 13 heavy (non-hydrogen) atoms. The molecular formula is C10H17ClN2. The van der Waals surface area contributed by atoms with E-state index in [2.05, 4.69) is 43.3 Å². The highest BCUT2D eigenvalue weighted by atomic mass is 35.5. The van der Waals surface area contributed by atoms with E-state index < -0.39 is 0 Å². The van der Waals surface area contributed by atoms with Gasteiger partial charge in [-0.15, -0.1) is 12.4 Å². The third-order valence-electron chi connectivity index (χ3n) is 1.76. The van der Waals surface area contributed by atoms with Gasteiger partial charge in [0.2, 0.25) is 0 Å². The average molecular weight is 201 g/mol. The molecule has 0 amide bonds. The molecule has 0 aliphatic carbocycles. The van der Waals surface area contributed by atoms with Crippen molar-refractivity contribution in [2.45, 2.75) is 13.1 Å². The lowest BCUT2D eigenvalue weighted by Gasteiger charge is -2.09. The first-order chi connectivity index (χ1) is 5.72. The monoisotopic (exact) mass is 200 g/mol. The molecule has 0 saturated carbocycles. The van der Waals surface area contributed by atoms with Crippen molar-refractivity contribution in [2.75, 3.05) is 14.1 Å². The Morgan fingerprint density at radius 3 is 1.92 bits per heavy atom. The summed E-state index contributed by atoms with van der Waals surface area (Å²) in [6.07, 6.45) is 0. The van der Waals surface area contributed by atoms with Crippen molar-refractivity contribution in [1.29, 1.82) is 0 Å². The number of benzene rings is 1. The van der Waals surface area contributed by atoms with Crippen molar-refractivity contribution in [2.24, 2.45) is 5.73 Å². The highest BCUT2D eigenvalue weighted by Gasteiger charge is 1.94. The van der Waals surface area contributed by atoms with Crippen LogP contribution in [-0.2, 0) is 13.1 Å². The van der Waals surface area contributed by atoms with Crippen molar-refractivity contribution < 1.29 is 0 Å². The molecule has 0 saturated heterocycles. The van der Waals surface area contributed by atoms with Crippen molar-refractivity contribution in [1.82, 2.24) is 4.90 Å². The minimum Gasteiger partial charge on any atom is -0.326 e. The molecule has 1 rings (SSSR count). The molecule has 1 aromatic rings. The lowest BCUT2D eigenvalue weighted by molar-refractivity contribution is 0.402. The van der Waals surface area contributed by atoms with Crippen LogP contribution in [0.1, 0.15) is 11.1 Å². The molecule has 0 aliphatic heterocycles. The van der Waals surface area contributed by atoms with Gasteiger partial charge in [0, 0.05) is 13.1 Å². The maximum atomic E-state index is 5.49. The summed E-state index contributed by atoms with van der Waals surface area (Å²) in [5, 5.41) is 0. The lowest BCUT2D eigenvalue weighted by Crippen LogP contribution is -2.10. The molecule has 0 aliphatic rings. The Labute approximate surface area is 86.1 Å². The Morgan fingerprint density at radius 2 is 1.54 bits per heavy atom. The SMILES string of the molecule is CN(C)Cc1ccc(CN)cc1.Cl. The number of halogens is 1. The predicted octanol–water partition coefficient (Wildman–Crippen LogP) is 1.63. The van der Waals surface area contributed by atoms with E-state index in [9.17, 15) is 0 Å². The molecule has 2 nitrogen and oxygen atoms in total. The first-order valence-corrected chi connectivity index (χ1v) is 4.15. The second-order valence-corrected chi connectivity index (χ2v) is 3.26. The summed E-state index contributed by atoms with van der Waals surface area (Å²) in [5.41, 5.74) is 8.01. The molecule has 3 heteroatoms. The van der Waals surface area contributed by atoms with E-state index in [1.165, 1.54) is 11.1 Å². The van der Waals surface area contributed by atoms with E-state index in [0.717, 1.165) is 6.54 Å². The standard InChI is InChI=1S/C10H16N2.ClH/c1-12(2)8-10-5-3-9(7-11)4-6-10;/h3-6H,7-8,11H2,1-2H3;1H. The van der Waals surface area contributed by atoms with E-state index in [4.69, 9.17) is 5.73 Å². The first kappa shape index (κ1) is 12.4. The smallest absolute Gasteiger partial charge is 0.0227 e. The molecule has 0 spiro atoms. The Morgan fingerprint density at radius 1 is 1.08 bits per heavy atom. The van der Waals surface area contributed by atoms with Crippen molar-refractivity contribution in [3.05, 3.63) is 35.4 Å². The minimum absolute atomic E-state index is 0. The molecule has 1 aromatic carbocycles. The largest absolute Gasteiger partial charge is 0.326 e. The van der Waals surface area contributed by atoms with E-state index >= 15 is 0 Å². The number of rotatable bonds is 3. The molecule has 2 N–H and O–H groups in total. The highest BCUT2D eigenvalue weighted by Crippen LogP contribution is 2.04. The zero-order chi connectivity index (χ0) is 8.97. The quantitative estimate of drug-likeness (QED) is 0.804. The molecule has 0 bridgehead atoms. The van der Waals surface area contributed by atoms with Crippen LogP contribution in [-0.4, -0.2) is 19.0 Å². The second kappa shape index (κ2) is 5.97. The summed E-state index contributed by atoms with van der Waals surface area (Å²) in [7, 11) is 4.13. The fourth-order valence-corrected chi connectivity index (χ4v) is 1.15. The Bertz CT molecular complexity index is 231. The zero-order valence-electron chi connectivity index (χ0n) is 8.16. The van der Waals surface area contributed by atoms with Gasteiger partial charge in [-0.05, 0) is 25.2 Å². The van der Waals surface area contributed by atoms with Gasteiger partial charge in [0.1, 0.15) is 0 Å². The van der Waals surface area contributed by atoms with Crippen LogP contribution in [0, 0.1) is 0 Å². The predicted molar refractivity (Wildman–Crippen MR) is 59.0 cm³/mol. The van der Waals surface area contributed by atoms with E-state index in [1.54, 1.807) is 0 Å². The van der Waals surface area contributed by atoms with Crippen molar-refractivity contribution >= 4 is 12.4 Å². The van der Waals surface area contributed by atoms with Crippen molar-refractivity contribution in [3.63, 3.8) is 0 Å². The topological polar surface area (TPSA) is 29.3 Å². The normalized spacial score (nSPS) is 9.85. The number of nitrogens with two attached hydrogens (primary N) is 1. The summed E-state index contributed by atoms with van der Waals surface area (Å²) in [6, 6.07) is 8.42. The maximum absolute atomic E-state index is 5.49. The molecule has 0 unspecified atom stereocenters. The van der Waals surface area contributed by atoms with Gasteiger partial charge in [-0.2, -0.15) is 0 Å². The molecule has 74 valence electrons. The Hall–Kier alpha value is -0.570. The van der Waals surface area contributed by atoms with Crippen LogP contribution in [0.5, 0.6) is 0 Å². The van der Waals surface area contributed by atoms with Gasteiger partial charge < -0.3 is 10.6 Å². The van der Waals surface area contributed by atoms with Gasteiger partial charge in [0.15, 0.2) is 0 Å². The summed E-state index contributed by atoms with van der Waals surface area (Å²) < 4.78 is 0. The van der Waals surface area contributed by atoms with Gasteiger partial charge in [0.05, 0.1) is 0 Å². The molecule has 0 fully saturated rings. The molecule has 0 aromatic heterocycles. The molecular weight excluding hydrogens is 184 g/mol. The van der Waals surface area contributed by atoms with Gasteiger partial charge in [-0.3, -0.25) is 0 Å². The summed E-state index contributed by atoms with van der Waals surface area (Å²) in [6.45, 7) is 1.62. The second-order valence-electron chi connectivity index (χ2n) is 3.26. The average Bonchev–Trinajstić information content (AvgIpc) is 2.05. The van der Waals surface area contributed by atoms with Crippen LogP contribution < -0.4 is 5.73 Å². The third-order valence-corrected chi connectivity index (χ3v) is 1.76. The van der Waals surface area contributed by atoms with Crippen LogP contribution in [0.4, 0.5) is 0 Å². The van der Waals surface area contributed by atoms with Crippen LogP contribution in [0.15, 0.2) is 24.3 Å². The lowest BCUT2D eigenvalue weighted by atomic mass is 10.1. The van der Waals surface area contributed by atoms with Crippen molar-refractivity contribution in [3.8, 4) is 0 Å². The summed E-state index contributed by atoms with van der Waals surface area (Å²) in [5.74, 6) is 0. The first-order valence-electron chi connectivity index (χ1n) is 4.15. The fourth-order valence-electron chi connectivity index (χ4n) is 1.15. The third kappa shape index (κ3) is 4.27. The van der Waals surface area contributed by atoms with E-state index in [-0.39, 0.29) is 12.4 Å². The van der Waals surface area contributed by atoms with Crippen LogP contribution in [0.2, 0.25) is 0 Å². The van der Waals surface area contributed by atoms with E-state index in [0.29, 0.717) is 6.54 Å². The number of hydrogen-bond acceptors (Lipinski definition) is 2. The molecule has 0 radical (unpaired) electrons. The van der Waals surface area contributed by atoms with Crippen LogP contribution in [0.3, 0.4) is 0 Å². The Balaban J connectivity index is 0.00000144. The minimum atomic E-state index is 0. The number of hydrogen-bond donors (Lipinski definition) is 1. The number of nitrogens with zero attached hydrogens (tertiary/aromatic N) is 1. The van der Waals surface area contributed by atoms with E-state index in [1.807, 2.05) is 0 Å². The van der Waals surface area contributed by atoms with Crippen LogP contribution >= 0.6 is 12.4 Å². The molecule has 0 atom stereocenters. The Kier molecular flexibility index (Phi) is 5.71. The van der Waals surface area contributed by atoms with Crippen LogP contribution in [0.25, 0.3) is 0 Å². The maximum Gasteiger partial charge on any atom is 0.0227 e. The van der Waals surface area contributed by atoms with Gasteiger partial charge in [-0.25, -0.2) is 0 Å². The molecule has 0 heterocycles. The van der Waals surface area contributed by atoms with Gasteiger partial charge in [0.25, 0.3) is 0 Å². The van der Waals surface area contributed by atoms with Gasteiger partial charge >= 0.3 is 0 Å².